The molecule has 0 N–H and O–H groups in total. The van der Waals surface area contributed by atoms with Gasteiger partial charge in [-0.15, -0.1) is 6.42 Å². The Hall–Kier alpha value is -2.15. The number of hydrogen-bond acceptors (Lipinski definition) is 4. The number of rotatable bonds is 7. The summed E-state index contributed by atoms with van der Waals surface area (Å²) in [5, 5.41) is 0. The molecule has 4 heteroatoms. The van der Waals surface area contributed by atoms with Crippen LogP contribution in [0.3, 0.4) is 0 Å². The molecule has 0 saturated carbocycles. The Morgan fingerprint density at radius 1 is 1.25 bits per heavy atom. The third-order valence-corrected chi connectivity index (χ3v) is 2.74. The lowest BCUT2D eigenvalue weighted by Gasteiger charge is -2.19. The van der Waals surface area contributed by atoms with Crippen molar-refractivity contribution >= 4 is 6.29 Å². The van der Waals surface area contributed by atoms with E-state index in [-0.39, 0.29) is 6.10 Å². The van der Waals surface area contributed by atoms with Crippen molar-refractivity contribution < 1.29 is 19.0 Å². The van der Waals surface area contributed by atoms with Gasteiger partial charge in [-0.2, -0.15) is 0 Å². The predicted octanol–water partition coefficient (Wildman–Crippen LogP) is 2.94. The maximum absolute atomic E-state index is 11.0. The summed E-state index contributed by atoms with van der Waals surface area (Å²) < 4.78 is 16.3. The molecule has 1 atom stereocenters. The zero-order valence-corrected chi connectivity index (χ0v) is 12.3. The number of carbonyl (C=O) groups is 1. The number of ether oxygens (including phenoxy) is 3. The molecule has 1 rings (SSSR count). The molecule has 0 aliphatic rings. The van der Waals surface area contributed by atoms with Crippen LogP contribution in [0.4, 0.5) is 0 Å². The normalized spacial score (nSPS) is 11.6. The van der Waals surface area contributed by atoms with E-state index in [0.717, 1.165) is 6.29 Å². The van der Waals surface area contributed by atoms with E-state index in [4.69, 9.17) is 20.6 Å². The van der Waals surface area contributed by atoms with Crippen molar-refractivity contribution in [3.63, 3.8) is 0 Å². The SMILES string of the molecule is C#CC(CC(C)C)Oc1cc(C=O)cc(OC)c1OC. The summed E-state index contributed by atoms with van der Waals surface area (Å²) in [5.74, 6) is 4.29. The lowest BCUT2D eigenvalue weighted by Crippen LogP contribution is -2.17. The van der Waals surface area contributed by atoms with Crippen LogP contribution in [0.1, 0.15) is 30.6 Å². The Balaban J connectivity index is 3.14. The monoisotopic (exact) mass is 276 g/mol. The summed E-state index contributed by atoms with van der Waals surface area (Å²) in [4.78, 5) is 11.0. The molecule has 4 nitrogen and oxygen atoms in total. The van der Waals surface area contributed by atoms with Crippen LogP contribution >= 0.6 is 0 Å². The average Bonchev–Trinajstić information content (AvgIpc) is 2.44. The summed E-state index contributed by atoms with van der Waals surface area (Å²) in [6.07, 6.45) is 6.55. The van der Waals surface area contributed by atoms with Gasteiger partial charge in [0.15, 0.2) is 17.6 Å². The van der Waals surface area contributed by atoms with E-state index in [1.54, 1.807) is 12.1 Å². The molecule has 0 amide bonds. The highest BCUT2D eigenvalue weighted by Crippen LogP contribution is 2.38. The van der Waals surface area contributed by atoms with Crippen LogP contribution in [0, 0.1) is 18.3 Å². The molecular formula is C16H20O4. The summed E-state index contributed by atoms with van der Waals surface area (Å²) in [6.45, 7) is 4.13. The van der Waals surface area contributed by atoms with Crippen LogP contribution in [0.25, 0.3) is 0 Å². The third-order valence-electron chi connectivity index (χ3n) is 2.74. The molecule has 0 saturated heterocycles. The Morgan fingerprint density at radius 2 is 1.90 bits per heavy atom. The summed E-state index contributed by atoms with van der Waals surface area (Å²) in [5.41, 5.74) is 0.443. The van der Waals surface area contributed by atoms with E-state index in [0.29, 0.717) is 35.2 Å². The lowest BCUT2D eigenvalue weighted by molar-refractivity contribution is 0.112. The van der Waals surface area contributed by atoms with Crippen LogP contribution in [0.5, 0.6) is 17.2 Å². The minimum Gasteiger partial charge on any atom is -0.493 e. The summed E-state index contributed by atoms with van der Waals surface area (Å²) in [6, 6.07) is 3.19. The van der Waals surface area contributed by atoms with E-state index in [9.17, 15) is 4.79 Å². The zero-order valence-electron chi connectivity index (χ0n) is 12.3. The first-order valence-electron chi connectivity index (χ1n) is 6.39. The van der Waals surface area contributed by atoms with Gasteiger partial charge in [-0.25, -0.2) is 0 Å². The maximum atomic E-state index is 11.0. The lowest BCUT2D eigenvalue weighted by atomic mass is 10.1. The van der Waals surface area contributed by atoms with E-state index in [1.807, 2.05) is 0 Å². The van der Waals surface area contributed by atoms with Crippen molar-refractivity contribution in [2.24, 2.45) is 5.92 Å². The number of carbonyl (C=O) groups excluding carboxylic acids is 1. The van der Waals surface area contributed by atoms with E-state index in [2.05, 4.69) is 19.8 Å². The highest BCUT2D eigenvalue weighted by atomic mass is 16.5. The fourth-order valence-corrected chi connectivity index (χ4v) is 1.84. The van der Waals surface area contributed by atoms with Gasteiger partial charge >= 0.3 is 0 Å². The third kappa shape index (κ3) is 3.92. The van der Waals surface area contributed by atoms with Crippen LogP contribution in [0.2, 0.25) is 0 Å². The highest BCUT2D eigenvalue weighted by Gasteiger charge is 2.17. The maximum Gasteiger partial charge on any atom is 0.203 e. The van der Waals surface area contributed by atoms with Crippen molar-refractivity contribution in [3.05, 3.63) is 17.7 Å². The minimum atomic E-state index is -0.379. The van der Waals surface area contributed by atoms with Crippen molar-refractivity contribution in [2.75, 3.05) is 14.2 Å². The first-order valence-corrected chi connectivity index (χ1v) is 6.39. The van der Waals surface area contributed by atoms with Crippen molar-refractivity contribution in [1.82, 2.24) is 0 Å². The zero-order chi connectivity index (χ0) is 15.1. The molecule has 108 valence electrons. The Morgan fingerprint density at radius 3 is 2.35 bits per heavy atom. The second kappa shape index (κ2) is 7.44. The molecule has 1 unspecified atom stereocenters. The Kier molecular flexibility index (Phi) is 5.92. The second-order valence-electron chi connectivity index (χ2n) is 4.78. The molecule has 0 aliphatic carbocycles. The van der Waals surface area contributed by atoms with Gasteiger partial charge in [-0.3, -0.25) is 4.79 Å². The van der Waals surface area contributed by atoms with Crippen LogP contribution in [-0.2, 0) is 0 Å². The highest BCUT2D eigenvalue weighted by molar-refractivity contribution is 5.78. The van der Waals surface area contributed by atoms with Crippen molar-refractivity contribution in [2.45, 2.75) is 26.4 Å². The van der Waals surface area contributed by atoms with E-state index >= 15 is 0 Å². The van der Waals surface area contributed by atoms with Gasteiger partial charge in [0.25, 0.3) is 0 Å². The largest absolute Gasteiger partial charge is 0.493 e. The van der Waals surface area contributed by atoms with Gasteiger partial charge in [0.1, 0.15) is 6.29 Å². The van der Waals surface area contributed by atoms with E-state index in [1.165, 1.54) is 14.2 Å². The fourth-order valence-electron chi connectivity index (χ4n) is 1.84. The van der Waals surface area contributed by atoms with Crippen LogP contribution in [0.15, 0.2) is 12.1 Å². The molecule has 1 aromatic carbocycles. The topological polar surface area (TPSA) is 44.8 Å². The van der Waals surface area contributed by atoms with E-state index < -0.39 is 0 Å². The minimum absolute atomic E-state index is 0.379. The van der Waals surface area contributed by atoms with Crippen LogP contribution < -0.4 is 14.2 Å². The Labute approximate surface area is 120 Å². The molecule has 0 radical (unpaired) electrons. The number of aldehydes is 1. The number of terminal acetylenes is 1. The molecule has 0 spiro atoms. The molecule has 1 aromatic rings. The van der Waals surface area contributed by atoms with Gasteiger partial charge in [0, 0.05) is 5.56 Å². The van der Waals surface area contributed by atoms with Gasteiger partial charge in [-0.1, -0.05) is 19.8 Å². The predicted molar refractivity (Wildman–Crippen MR) is 77.6 cm³/mol. The molecule has 0 fully saturated rings. The number of benzene rings is 1. The fraction of sp³-hybridized carbons (Fsp3) is 0.438. The smallest absolute Gasteiger partial charge is 0.203 e. The molecule has 20 heavy (non-hydrogen) atoms. The summed E-state index contributed by atoms with van der Waals surface area (Å²) >= 11 is 0. The van der Waals surface area contributed by atoms with Crippen molar-refractivity contribution in [1.29, 1.82) is 0 Å². The molecule has 0 aliphatic heterocycles. The standard InChI is InChI=1S/C16H20O4/c1-6-13(7-11(2)3)20-15-9-12(10-17)8-14(18-4)16(15)19-5/h1,8-11,13H,7H2,2-5H3. The first kappa shape index (κ1) is 15.9. The quantitative estimate of drug-likeness (QED) is 0.567. The molecule has 0 bridgehead atoms. The number of methoxy groups -OCH3 is 2. The van der Waals surface area contributed by atoms with Crippen LogP contribution in [-0.4, -0.2) is 26.6 Å². The number of hydrogen-bond donors (Lipinski definition) is 0. The first-order chi connectivity index (χ1) is 9.55. The van der Waals surface area contributed by atoms with Gasteiger partial charge in [0.05, 0.1) is 14.2 Å². The van der Waals surface area contributed by atoms with Gasteiger partial charge in [0.2, 0.25) is 5.75 Å². The molecule has 0 heterocycles. The molecular weight excluding hydrogens is 256 g/mol. The van der Waals surface area contributed by atoms with Gasteiger partial charge in [-0.05, 0) is 24.5 Å². The average molecular weight is 276 g/mol. The molecule has 0 aromatic heterocycles. The van der Waals surface area contributed by atoms with Gasteiger partial charge < -0.3 is 14.2 Å². The Bertz CT molecular complexity index is 500. The summed E-state index contributed by atoms with van der Waals surface area (Å²) in [7, 11) is 3.02. The van der Waals surface area contributed by atoms with Crippen molar-refractivity contribution in [3.8, 4) is 29.6 Å². The second-order valence-corrected chi connectivity index (χ2v) is 4.78.